The largest absolute Gasteiger partial charge is 0.352 e. The lowest BCUT2D eigenvalue weighted by atomic mass is 10.2. The molecular weight excluding hydrogens is 316 g/mol. The second-order valence-corrected chi connectivity index (χ2v) is 5.17. The van der Waals surface area contributed by atoms with Gasteiger partial charge in [-0.15, -0.1) is 0 Å². The van der Waals surface area contributed by atoms with Gasteiger partial charge >= 0.3 is 0 Å². The maximum absolute atomic E-state index is 11.7. The Morgan fingerprint density at radius 3 is 2.90 bits per heavy atom. The molecule has 0 atom stereocenters. The van der Waals surface area contributed by atoms with Crippen molar-refractivity contribution in [2.75, 3.05) is 6.54 Å². The molecule has 0 saturated carbocycles. The van der Waals surface area contributed by atoms with Gasteiger partial charge in [0.2, 0.25) is 5.91 Å². The Kier molecular flexibility index (Phi) is 5.50. The highest BCUT2D eigenvalue weighted by Crippen LogP contribution is 2.12. The van der Waals surface area contributed by atoms with Gasteiger partial charge in [-0.25, -0.2) is 0 Å². The van der Waals surface area contributed by atoms with Crippen molar-refractivity contribution in [3.8, 4) is 0 Å². The number of benzene rings is 1. The number of rotatable bonds is 5. The molecule has 3 nitrogen and oxygen atoms in total. The summed E-state index contributed by atoms with van der Waals surface area (Å²) in [5.74, 6) is -0.0964. The van der Waals surface area contributed by atoms with E-state index in [1.807, 2.05) is 42.5 Å². The Bertz CT molecular complexity index is 596. The fraction of sp³-hybridized carbons (Fsp3) is 0.125. The molecule has 1 aromatic heterocycles. The normalized spacial score (nSPS) is 10.7. The quantitative estimate of drug-likeness (QED) is 0.855. The molecule has 102 valence electrons. The van der Waals surface area contributed by atoms with Gasteiger partial charge in [-0.2, -0.15) is 0 Å². The first-order valence-corrected chi connectivity index (χ1v) is 7.15. The number of hydrogen-bond acceptors (Lipinski definition) is 2. The van der Waals surface area contributed by atoms with Crippen LogP contribution in [0.1, 0.15) is 11.3 Å². The number of nitrogens with zero attached hydrogens (tertiary/aromatic N) is 1. The van der Waals surface area contributed by atoms with Gasteiger partial charge in [0.15, 0.2) is 0 Å². The minimum atomic E-state index is -0.0964. The zero-order valence-electron chi connectivity index (χ0n) is 10.9. The Morgan fingerprint density at radius 2 is 2.15 bits per heavy atom. The van der Waals surface area contributed by atoms with Gasteiger partial charge in [0, 0.05) is 35.4 Å². The molecule has 2 aromatic rings. The lowest BCUT2D eigenvalue weighted by Crippen LogP contribution is -2.23. The van der Waals surface area contributed by atoms with Crippen molar-refractivity contribution < 1.29 is 4.79 Å². The summed E-state index contributed by atoms with van der Waals surface area (Å²) >= 11 is 3.40. The van der Waals surface area contributed by atoms with Crippen LogP contribution in [0.5, 0.6) is 0 Å². The van der Waals surface area contributed by atoms with Crippen LogP contribution in [0.15, 0.2) is 59.2 Å². The third kappa shape index (κ3) is 4.97. The summed E-state index contributed by atoms with van der Waals surface area (Å²) in [6.45, 7) is 0.582. The van der Waals surface area contributed by atoms with Crippen molar-refractivity contribution in [1.29, 1.82) is 0 Å². The average molecular weight is 331 g/mol. The molecule has 0 bridgehead atoms. The van der Waals surface area contributed by atoms with Crippen molar-refractivity contribution in [3.63, 3.8) is 0 Å². The summed E-state index contributed by atoms with van der Waals surface area (Å²) in [5, 5.41) is 2.84. The molecule has 0 unspecified atom stereocenters. The number of carbonyl (C=O) groups excluding carboxylic acids is 1. The van der Waals surface area contributed by atoms with E-state index >= 15 is 0 Å². The highest BCUT2D eigenvalue weighted by atomic mass is 79.9. The summed E-state index contributed by atoms with van der Waals surface area (Å²) in [6.07, 6.45) is 5.82. The average Bonchev–Trinajstić information content (AvgIpc) is 2.46. The van der Waals surface area contributed by atoms with E-state index in [4.69, 9.17) is 0 Å². The van der Waals surface area contributed by atoms with Gasteiger partial charge in [-0.3, -0.25) is 9.78 Å². The molecule has 20 heavy (non-hydrogen) atoms. The van der Waals surface area contributed by atoms with Gasteiger partial charge in [0.05, 0.1) is 0 Å². The monoisotopic (exact) mass is 330 g/mol. The van der Waals surface area contributed by atoms with Crippen LogP contribution in [-0.2, 0) is 11.2 Å². The number of halogens is 1. The predicted octanol–water partition coefficient (Wildman–Crippen LogP) is 3.22. The van der Waals surface area contributed by atoms with Gasteiger partial charge in [-0.1, -0.05) is 34.1 Å². The molecule has 1 N–H and O–H groups in total. The summed E-state index contributed by atoms with van der Waals surface area (Å²) in [4.78, 5) is 15.9. The van der Waals surface area contributed by atoms with E-state index in [2.05, 4.69) is 26.2 Å². The van der Waals surface area contributed by atoms with Crippen molar-refractivity contribution in [1.82, 2.24) is 10.3 Å². The van der Waals surface area contributed by atoms with Crippen LogP contribution >= 0.6 is 15.9 Å². The fourth-order valence-corrected chi connectivity index (χ4v) is 2.12. The number of amides is 1. The molecular formula is C16H15BrN2O. The first-order chi connectivity index (χ1) is 9.74. The second-order valence-electron chi connectivity index (χ2n) is 4.25. The number of nitrogens with one attached hydrogen (secondary N) is 1. The number of carbonyl (C=O) groups is 1. The van der Waals surface area contributed by atoms with Crippen LogP contribution in [0.3, 0.4) is 0 Å². The zero-order valence-corrected chi connectivity index (χ0v) is 12.5. The Balaban J connectivity index is 1.78. The number of pyridine rings is 1. The van der Waals surface area contributed by atoms with E-state index in [0.717, 1.165) is 22.2 Å². The second kappa shape index (κ2) is 7.60. The Morgan fingerprint density at radius 1 is 1.25 bits per heavy atom. The van der Waals surface area contributed by atoms with Crippen molar-refractivity contribution >= 4 is 27.9 Å². The zero-order chi connectivity index (χ0) is 14.2. The molecule has 0 aliphatic rings. The molecule has 1 amide bonds. The maximum Gasteiger partial charge on any atom is 0.244 e. The van der Waals surface area contributed by atoms with E-state index < -0.39 is 0 Å². The summed E-state index contributed by atoms with van der Waals surface area (Å²) in [6, 6.07) is 13.6. The smallest absolute Gasteiger partial charge is 0.244 e. The van der Waals surface area contributed by atoms with Crippen molar-refractivity contribution in [3.05, 3.63) is 70.5 Å². The first kappa shape index (κ1) is 14.5. The van der Waals surface area contributed by atoms with E-state index in [1.165, 1.54) is 0 Å². The first-order valence-electron chi connectivity index (χ1n) is 6.35. The predicted molar refractivity (Wildman–Crippen MR) is 84.1 cm³/mol. The number of aromatic nitrogens is 1. The van der Waals surface area contributed by atoms with E-state index in [9.17, 15) is 4.79 Å². The molecule has 1 aromatic carbocycles. The van der Waals surface area contributed by atoms with E-state index in [1.54, 1.807) is 18.3 Å². The minimum absolute atomic E-state index is 0.0964. The van der Waals surface area contributed by atoms with Gasteiger partial charge < -0.3 is 5.32 Å². The summed E-state index contributed by atoms with van der Waals surface area (Å²) < 4.78 is 0.996. The lowest BCUT2D eigenvalue weighted by Gasteiger charge is -2.01. The van der Waals surface area contributed by atoms with Crippen LogP contribution in [0, 0.1) is 0 Å². The molecule has 0 saturated heterocycles. The lowest BCUT2D eigenvalue weighted by molar-refractivity contribution is -0.116. The van der Waals surface area contributed by atoms with Crippen LogP contribution in [0.25, 0.3) is 6.08 Å². The van der Waals surface area contributed by atoms with Crippen LogP contribution in [-0.4, -0.2) is 17.4 Å². The molecule has 0 spiro atoms. The number of hydrogen-bond donors (Lipinski definition) is 1. The summed E-state index contributed by atoms with van der Waals surface area (Å²) in [5.41, 5.74) is 1.96. The SMILES string of the molecule is O=C(/C=C/c1cccc(Br)c1)NCCc1ccccn1. The van der Waals surface area contributed by atoms with E-state index in [0.29, 0.717) is 6.54 Å². The molecule has 4 heteroatoms. The minimum Gasteiger partial charge on any atom is -0.352 e. The fourth-order valence-electron chi connectivity index (χ4n) is 1.70. The molecule has 0 aliphatic heterocycles. The molecule has 0 fully saturated rings. The Labute approximate surface area is 126 Å². The highest BCUT2D eigenvalue weighted by Gasteiger charge is 1.97. The van der Waals surface area contributed by atoms with Gasteiger partial charge in [0.25, 0.3) is 0 Å². The van der Waals surface area contributed by atoms with Crippen LogP contribution in [0.4, 0.5) is 0 Å². The maximum atomic E-state index is 11.7. The molecule has 0 radical (unpaired) electrons. The van der Waals surface area contributed by atoms with Gasteiger partial charge in [0.1, 0.15) is 0 Å². The Hall–Kier alpha value is -1.94. The topological polar surface area (TPSA) is 42.0 Å². The van der Waals surface area contributed by atoms with Crippen LogP contribution in [0.2, 0.25) is 0 Å². The highest BCUT2D eigenvalue weighted by molar-refractivity contribution is 9.10. The third-order valence-corrected chi connectivity index (χ3v) is 3.18. The van der Waals surface area contributed by atoms with Gasteiger partial charge in [-0.05, 0) is 35.9 Å². The van der Waals surface area contributed by atoms with E-state index in [-0.39, 0.29) is 5.91 Å². The molecule has 1 heterocycles. The van der Waals surface area contributed by atoms with Crippen LogP contribution < -0.4 is 5.32 Å². The van der Waals surface area contributed by atoms with Crippen molar-refractivity contribution in [2.45, 2.75) is 6.42 Å². The third-order valence-electron chi connectivity index (χ3n) is 2.68. The summed E-state index contributed by atoms with van der Waals surface area (Å²) in [7, 11) is 0. The molecule has 2 rings (SSSR count). The van der Waals surface area contributed by atoms with Crippen molar-refractivity contribution in [2.24, 2.45) is 0 Å². The molecule has 0 aliphatic carbocycles. The standard InChI is InChI=1S/C16H15BrN2O/c17-14-5-3-4-13(12-14)7-8-16(20)19-11-9-15-6-1-2-10-18-15/h1-8,10,12H,9,11H2,(H,19,20)/b8-7+.